The Kier molecular flexibility index (Phi) is 4.38. The summed E-state index contributed by atoms with van der Waals surface area (Å²) in [5, 5.41) is 8.74. The molecule has 1 heterocycles. The quantitative estimate of drug-likeness (QED) is 0.769. The lowest BCUT2D eigenvalue weighted by Gasteiger charge is -2.29. The molecule has 0 aromatic rings. The Balaban J connectivity index is 2.76. The van der Waals surface area contributed by atoms with Crippen molar-refractivity contribution >= 4 is 12.1 Å². The van der Waals surface area contributed by atoms with Gasteiger partial charge in [-0.05, 0) is 46.1 Å². The predicted octanol–water partition coefficient (Wildman–Crippen LogP) is 2.42. The molecule has 1 fully saturated rings. The van der Waals surface area contributed by atoms with Crippen LogP contribution in [0.1, 0.15) is 40.5 Å². The summed E-state index contributed by atoms with van der Waals surface area (Å²) in [4.78, 5) is 24.3. The van der Waals surface area contributed by atoms with Crippen LogP contribution in [-0.2, 0) is 9.53 Å². The molecule has 1 atom stereocenters. The zero-order valence-corrected chi connectivity index (χ0v) is 11.4. The van der Waals surface area contributed by atoms with Crippen LogP contribution in [0.4, 0.5) is 4.79 Å². The SMILES string of the molecule is C/C(=C\C(=O)O)C1CCCN1C(=O)OC(C)(C)C. The minimum Gasteiger partial charge on any atom is -0.478 e. The van der Waals surface area contributed by atoms with Crippen LogP contribution < -0.4 is 0 Å². The number of aliphatic carboxylic acids is 1. The van der Waals surface area contributed by atoms with Gasteiger partial charge in [-0.25, -0.2) is 9.59 Å². The number of carboxylic acids is 1. The summed E-state index contributed by atoms with van der Waals surface area (Å²) < 4.78 is 5.32. The van der Waals surface area contributed by atoms with Gasteiger partial charge in [-0.3, -0.25) is 0 Å². The van der Waals surface area contributed by atoms with Gasteiger partial charge in [0, 0.05) is 12.6 Å². The van der Waals surface area contributed by atoms with Gasteiger partial charge in [-0.1, -0.05) is 0 Å². The Morgan fingerprint density at radius 2 is 2.00 bits per heavy atom. The summed E-state index contributed by atoms with van der Waals surface area (Å²) in [6.45, 7) is 7.80. The van der Waals surface area contributed by atoms with Crippen LogP contribution in [0.2, 0.25) is 0 Å². The minimum absolute atomic E-state index is 0.157. The van der Waals surface area contributed by atoms with E-state index in [0.717, 1.165) is 18.9 Å². The molecule has 0 aromatic heterocycles. The Morgan fingerprint density at radius 1 is 1.39 bits per heavy atom. The van der Waals surface area contributed by atoms with Crippen LogP contribution in [0.5, 0.6) is 0 Å². The first-order chi connectivity index (χ1) is 8.20. The molecule has 0 aliphatic carbocycles. The third-order valence-electron chi connectivity index (χ3n) is 2.76. The lowest BCUT2D eigenvalue weighted by molar-refractivity contribution is -0.131. The summed E-state index contributed by atoms with van der Waals surface area (Å²) in [5.74, 6) is -0.983. The molecule has 102 valence electrons. The molecule has 5 nitrogen and oxygen atoms in total. The Bertz CT molecular complexity index is 368. The van der Waals surface area contributed by atoms with E-state index in [1.807, 2.05) is 20.8 Å². The van der Waals surface area contributed by atoms with Gasteiger partial charge < -0.3 is 14.7 Å². The zero-order chi connectivity index (χ0) is 13.9. The largest absolute Gasteiger partial charge is 0.478 e. The number of carboxylic acid groups (broad SMARTS) is 1. The molecule has 0 spiro atoms. The van der Waals surface area contributed by atoms with Gasteiger partial charge in [0.25, 0.3) is 0 Å². The topological polar surface area (TPSA) is 66.8 Å². The molecular formula is C13H21NO4. The number of hydrogen-bond acceptors (Lipinski definition) is 3. The van der Waals surface area contributed by atoms with Crippen LogP contribution in [0.3, 0.4) is 0 Å². The summed E-state index contributed by atoms with van der Waals surface area (Å²) in [5.41, 5.74) is 0.153. The van der Waals surface area contributed by atoms with Crippen molar-refractivity contribution in [1.82, 2.24) is 4.90 Å². The fourth-order valence-electron chi connectivity index (χ4n) is 2.07. The number of amides is 1. The van der Waals surface area contributed by atoms with Crippen molar-refractivity contribution in [2.24, 2.45) is 0 Å². The first-order valence-corrected chi connectivity index (χ1v) is 6.11. The van der Waals surface area contributed by atoms with Crippen molar-refractivity contribution < 1.29 is 19.4 Å². The van der Waals surface area contributed by atoms with Gasteiger partial charge in [-0.2, -0.15) is 0 Å². The first kappa shape index (κ1) is 14.5. The van der Waals surface area contributed by atoms with Gasteiger partial charge in [0.15, 0.2) is 0 Å². The Labute approximate surface area is 107 Å². The Morgan fingerprint density at radius 3 is 2.50 bits per heavy atom. The molecule has 0 saturated carbocycles. The van der Waals surface area contributed by atoms with Crippen LogP contribution >= 0.6 is 0 Å². The van der Waals surface area contributed by atoms with E-state index in [9.17, 15) is 9.59 Å². The highest BCUT2D eigenvalue weighted by atomic mass is 16.6. The molecule has 0 radical (unpaired) electrons. The molecule has 1 rings (SSSR count). The fourth-order valence-corrected chi connectivity index (χ4v) is 2.07. The van der Waals surface area contributed by atoms with E-state index in [2.05, 4.69) is 0 Å². The molecule has 1 aliphatic rings. The van der Waals surface area contributed by atoms with Crippen molar-refractivity contribution in [2.45, 2.75) is 52.2 Å². The predicted molar refractivity (Wildman–Crippen MR) is 67.4 cm³/mol. The molecule has 1 aliphatic heterocycles. The molecule has 1 N–H and O–H groups in total. The molecule has 1 saturated heterocycles. The van der Waals surface area contributed by atoms with E-state index in [0.29, 0.717) is 12.1 Å². The third-order valence-corrected chi connectivity index (χ3v) is 2.76. The number of ether oxygens (including phenoxy) is 1. The lowest BCUT2D eigenvalue weighted by Crippen LogP contribution is -2.40. The van der Waals surface area contributed by atoms with Gasteiger partial charge in [-0.15, -0.1) is 0 Å². The molecule has 1 unspecified atom stereocenters. The highest BCUT2D eigenvalue weighted by molar-refractivity contribution is 5.81. The van der Waals surface area contributed by atoms with Crippen molar-refractivity contribution in [3.8, 4) is 0 Å². The lowest BCUT2D eigenvalue weighted by atomic mass is 10.1. The van der Waals surface area contributed by atoms with E-state index < -0.39 is 11.6 Å². The molecular weight excluding hydrogens is 234 g/mol. The fraction of sp³-hybridized carbons (Fsp3) is 0.692. The van der Waals surface area contributed by atoms with Crippen LogP contribution in [-0.4, -0.2) is 40.3 Å². The van der Waals surface area contributed by atoms with Gasteiger partial charge in [0.05, 0.1) is 6.04 Å². The molecule has 1 amide bonds. The van der Waals surface area contributed by atoms with E-state index in [4.69, 9.17) is 9.84 Å². The Hall–Kier alpha value is -1.52. The van der Waals surface area contributed by atoms with Crippen molar-refractivity contribution in [3.63, 3.8) is 0 Å². The maximum absolute atomic E-state index is 12.0. The van der Waals surface area contributed by atoms with Gasteiger partial charge in [0.1, 0.15) is 5.60 Å². The van der Waals surface area contributed by atoms with Crippen molar-refractivity contribution in [1.29, 1.82) is 0 Å². The standard InChI is InChI=1S/C13H21NO4/c1-9(8-11(15)16)10-6-5-7-14(10)12(17)18-13(2,3)4/h8,10H,5-7H2,1-4H3,(H,15,16)/b9-8+. The smallest absolute Gasteiger partial charge is 0.410 e. The van der Waals surface area contributed by atoms with Crippen molar-refractivity contribution in [2.75, 3.05) is 6.54 Å². The first-order valence-electron chi connectivity index (χ1n) is 6.11. The van der Waals surface area contributed by atoms with E-state index >= 15 is 0 Å². The molecule has 5 heteroatoms. The average Bonchev–Trinajstić information content (AvgIpc) is 2.61. The summed E-state index contributed by atoms with van der Waals surface area (Å²) in [6, 6.07) is -0.157. The number of carbonyl (C=O) groups is 2. The third kappa shape index (κ3) is 4.05. The normalized spacial score (nSPS) is 21.0. The second-order valence-corrected chi connectivity index (χ2v) is 5.56. The van der Waals surface area contributed by atoms with Crippen LogP contribution in [0.15, 0.2) is 11.6 Å². The van der Waals surface area contributed by atoms with Crippen LogP contribution in [0.25, 0.3) is 0 Å². The van der Waals surface area contributed by atoms with Crippen LogP contribution in [0, 0.1) is 0 Å². The molecule has 0 aromatic carbocycles. The summed E-state index contributed by atoms with van der Waals surface area (Å²) in [6.07, 6.45) is 2.44. The highest BCUT2D eigenvalue weighted by Crippen LogP contribution is 2.25. The second kappa shape index (κ2) is 5.42. The number of hydrogen-bond donors (Lipinski definition) is 1. The maximum Gasteiger partial charge on any atom is 0.410 e. The number of likely N-dealkylation sites (tertiary alicyclic amines) is 1. The van der Waals surface area contributed by atoms with E-state index in [1.165, 1.54) is 0 Å². The zero-order valence-electron chi connectivity index (χ0n) is 11.4. The maximum atomic E-state index is 12.0. The number of carbonyl (C=O) groups excluding carboxylic acids is 1. The summed E-state index contributed by atoms with van der Waals surface area (Å²) in [7, 11) is 0. The van der Waals surface area contributed by atoms with Gasteiger partial charge >= 0.3 is 12.1 Å². The van der Waals surface area contributed by atoms with E-state index in [1.54, 1.807) is 11.8 Å². The summed E-state index contributed by atoms with van der Waals surface area (Å²) >= 11 is 0. The minimum atomic E-state index is -0.983. The van der Waals surface area contributed by atoms with Gasteiger partial charge in [0.2, 0.25) is 0 Å². The molecule has 0 bridgehead atoms. The second-order valence-electron chi connectivity index (χ2n) is 5.56. The number of rotatable bonds is 2. The monoisotopic (exact) mass is 255 g/mol. The van der Waals surface area contributed by atoms with Crippen molar-refractivity contribution in [3.05, 3.63) is 11.6 Å². The number of nitrogens with zero attached hydrogens (tertiary/aromatic N) is 1. The highest BCUT2D eigenvalue weighted by Gasteiger charge is 2.33. The van der Waals surface area contributed by atoms with E-state index in [-0.39, 0.29) is 12.1 Å². The average molecular weight is 255 g/mol. The molecule has 18 heavy (non-hydrogen) atoms.